The van der Waals surface area contributed by atoms with Crippen molar-refractivity contribution in [2.75, 3.05) is 32.0 Å². The van der Waals surface area contributed by atoms with E-state index in [-0.39, 0.29) is 18.8 Å². The minimum Gasteiger partial charge on any atom is -0.492 e. The van der Waals surface area contributed by atoms with E-state index in [1.807, 2.05) is 30.3 Å². The van der Waals surface area contributed by atoms with Crippen molar-refractivity contribution in [3.63, 3.8) is 0 Å². The monoisotopic (exact) mass is 372 g/mol. The number of hydrogen-bond acceptors (Lipinski definition) is 5. The van der Waals surface area contributed by atoms with Crippen molar-refractivity contribution >= 4 is 16.5 Å². The van der Waals surface area contributed by atoms with Crippen molar-refractivity contribution in [1.82, 2.24) is 9.62 Å². The largest absolute Gasteiger partial charge is 0.492 e. The molecule has 1 saturated heterocycles. The van der Waals surface area contributed by atoms with Gasteiger partial charge in [0.05, 0.1) is 5.75 Å². The Hall–Kier alpha value is -1.64. The van der Waals surface area contributed by atoms with Gasteiger partial charge in [0.15, 0.2) is 0 Å². The van der Waals surface area contributed by atoms with E-state index in [9.17, 15) is 8.42 Å². The molecule has 25 heavy (non-hydrogen) atoms. The summed E-state index contributed by atoms with van der Waals surface area (Å²) in [5.41, 5.74) is 0. The minimum atomic E-state index is -3.28. The van der Waals surface area contributed by atoms with Crippen molar-refractivity contribution in [3.05, 3.63) is 30.3 Å². The van der Waals surface area contributed by atoms with E-state index in [1.165, 1.54) is 12.8 Å². The number of rotatable bonds is 8. The molecule has 0 radical (unpaired) electrons. The lowest BCUT2D eigenvalue weighted by molar-refractivity contribution is -0.122. The Balaban J connectivity index is 0.000000970. The molecule has 0 amide bonds. The number of para-hydroxylation sites is 1. The predicted octanol–water partition coefficient (Wildman–Crippen LogP) is 1.56. The van der Waals surface area contributed by atoms with Gasteiger partial charge < -0.3 is 9.84 Å². The van der Waals surface area contributed by atoms with Crippen molar-refractivity contribution in [2.24, 2.45) is 0 Å². The first-order valence-electron chi connectivity index (χ1n) is 8.49. The van der Waals surface area contributed by atoms with Crippen LogP contribution in [-0.4, -0.2) is 62.9 Å². The number of nitrogens with one attached hydrogen (secondary N) is 1. The zero-order chi connectivity index (χ0) is 18.5. The molecular weight excluding hydrogens is 344 g/mol. The second-order valence-electron chi connectivity index (χ2n) is 5.71. The zero-order valence-electron chi connectivity index (χ0n) is 14.6. The van der Waals surface area contributed by atoms with Crippen molar-refractivity contribution in [2.45, 2.75) is 32.2 Å². The van der Waals surface area contributed by atoms with E-state index >= 15 is 0 Å². The Morgan fingerprint density at radius 3 is 2.64 bits per heavy atom. The Morgan fingerprint density at radius 1 is 1.32 bits per heavy atom. The SMILES string of the molecule is CCN1CCCCC1CNS(=O)(=O)CCOc1ccccc1.O=CO. The molecule has 1 aliphatic rings. The van der Waals surface area contributed by atoms with E-state index in [4.69, 9.17) is 14.6 Å². The van der Waals surface area contributed by atoms with E-state index in [0.717, 1.165) is 19.5 Å². The molecule has 1 aromatic rings. The van der Waals surface area contributed by atoms with Crippen molar-refractivity contribution < 1.29 is 23.1 Å². The van der Waals surface area contributed by atoms with Gasteiger partial charge in [0.25, 0.3) is 6.47 Å². The van der Waals surface area contributed by atoms with Gasteiger partial charge in [-0.1, -0.05) is 31.5 Å². The van der Waals surface area contributed by atoms with Crippen LogP contribution in [-0.2, 0) is 14.8 Å². The summed E-state index contributed by atoms with van der Waals surface area (Å²) in [5.74, 6) is 0.683. The van der Waals surface area contributed by atoms with Crippen LogP contribution in [0.4, 0.5) is 0 Å². The maximum Gasteiger partial charge on any atom is 0.290 e. The summed E-state index contributed by atoms with van der Waals surface area (Å²) < 4.78 is 32.3. The average molecular weight is 372 g/mol. The number of ether oxygens (including phenoxy) is 1. The van der Waals surface area contributed by atoms with Gasteiger partial charge in [0, 0.05) is 12.6 Å². The Labute approximate surface area is 150 Å². The van der Waals surface area contributed by atoms with Crippen LogP contribution in [0.25, 0.3) is 0 Å². The maximum absolute atomic E-state index is 12.0. The van der Waals surface area contributed by atoms with Crippen LogP contribution < -0.4 is 9.46 Å². The topological polar surface area (TPSA) is 95.9 Å². The van der Waals surface area contributed by atoms with Gasteiger partial charge in [-0.2, -0.15) is 0 Å². The van der Waals surface area contributed by atoms with Crippen LogP contribution in [0.15, 0.2) is 30.3 Å². The van der Waals surface area contributed by atoms with Gasteiger partial charge in [-0.15, -0.1) is 0 Å². The lowest BCUT2D eigenvalue weighted by Gasteiger charge is -2.34. The van der Waals surface area contributed by atoms with Gasteiger partial charge in [-0.3, -0.25) is 9.69 Å². The Morgan fingerprint density at radius 2 is 2.00 bits per heavy atom. The number of likely N-dealkylation sites (tertiary alicyclic amines) is 1. The summed E-state index contributed by atoms with van der Waals surface area (Å²) in [6.07, 6.45) is 3.46. The lowest BCUT2D eigenvalue weighted by atomic mass is 10.0. The van der Waals surface area contributed by atoms with Crippen molar-refractivity contribution in [1.29, 1.82) is 0 Å². The Kier molecular flexibility index (Phi) is 10.1. The van der Waals surface area contributed by atoms with E-state index in [2.05, 4.69) is 16.5 Å². The molecule has 8 heteroatoms. The van der Waals surface area contributed by atoms with Crippen LogP contribution in [0.5, 0.6) is 5.75 Å². The fraction of sp³-hybridized carbons (Fsp3) is 0.588. The molecule has 1 unspecified atom stereocenters. The van der Waals surface area contributed by atoms with Crippen LogP contribution in [0.1, 0.15) is 26.2 Å². The van der Waals surface area contributed by atoms with E-state index < -0.39 is 10.0 Å². The summed E-state index contributed by atoms with van der Waals surface area (Å²) in [4.78, 5) is 10.7. The molecule has 142 valence electrons. The summed E-state index contributed by atoms with van der Waals surface area (Å²) in [7, 11) is -3.28. The second-order valence-corrected chi connectivity index (χ2v) is 7.64. The van der Waals surface area contributed by atoms with Gasteiger partial charge in [-0.25, -0.2) is 13.1 Å². The molecule has 0 spiro atoms. The highest BCUT2D eigenvalue weighted by atomic mass is 32.2. The first-order valence-corrected chi connectivity index (χ1v) is 10.1. The highest BCUT2D eigenvalue weighted by molar-refractivity contribution is 7.89. The molecule has 7 nitrogen and oxygen atoms in total. The Bertz CT molecular complexity index is 580. The van der Waals surface area contributed by atoms with Gasteiger partial charge in [-0.05, 0) is 38.1 Å². The number of nitrogens with zero attached hydrogens (tertiary/aromatic N) is 1. The number of sulfonamides is 1. The molecule has 1 fully saturated rings. The summed E-state index contributed by atoms with van der Waals surface area (Å²) in [6.45, 7) is 4.59. The number of piperidine rings is 1. The smallest absolute Gasteiger partial charge is 0.290 e. The van der Waals surface area contributed by atoms with Crippen LogP contribution in [0.2, 0.25) is 0 Å². The van der Waals surface area contributed by atoms with Crippen LogP contribution in [0.3, 0.4) is 0 Å². The quantitative estimate of drug-likeness (QED) is 0.673. The van der Waals surface area contributed by atoms with Gasteiger partial charge in [0.1, 0.15) is 12.4 Å². The summed E-state index contributed by atoms with van der Waals surface area (Å²) in [5, 5.41) is 6.89. The number of hydrogen-bond donors (Lipinski definition) is 2. The number of likely N-dealkylation sites (N-methyl/N-ethyl adjacent to an activating group) is 1. The molecule has 2 N–H and O–H groups in total. The molecular formula is C17H28N2O5S. The van der Waals surface area contributed by atoms with E-state index in [1.54, 1.807) is 0 Å². The molecule has 1 aromatic carbocycles. The molecule has 1 atom stereocenters. The molecule has 1 heterocycles. The number of benzene rings is 1. The van der Waals surface area contributed by atoms with Gasteiger partial charge >= 0.3 is 0 Å². The third-order valence-corrected chi connectivity index (χ3v) is 5.37. The molecule has 2 rings (SSSR count). The van der Waals surface area contributed by atoms with E-state index in [0.29, 0.717) is 18.3 Å². The molecule has 1 aliphatic heterocycles. The molecule has 0 aromatic heterocycles. The molecule has 0 saturated carbocycles. The molecule has 0 bridgehead atoms. The van der Waals surface area contributed by atoms with Crippen molar-refractivity contribution in [3.8, 4) is 5.75 Å². The third kappa shape index (κ3) is 8.85. The summed E-state index contributed by atoms with van der Waals surface area (Å²) >= 11 is 0. The highest BCUT2D eigenvalue weighted by Crippen LogP contribution is 2.16. The highest BCUT2D eigenvalue weighted by Gasteiger charge is 2.22. The van der Waals surface area contributed by atoms with Crippen LogP contribution >= 0.6 is 0 Å². The first kappa shape index (κ1) is 21.4. The maximum atomic E-state index is 12.0. The molecule has 0 aliphatic carbocycles. The lowest BCUT2D eigenvalue weighted by Crippen LogP contribution is -2.47. The van der Waals surface area contributed by atoms with Gasteiger partial charge in [0.2, 0.25) is 10.0 Å². The standard InChI is InChI=1S/C16H26N2O3S.CH2O2/c1-2-18-11-7-6-8-15(18)14-17-22(19,20)13-12-21-16-9-4-3-5-10-16;2-1-3/h3-5,9-10,15,17H,2,6-8,11-14H2,1H3;1H,(H,2,3). The predicted molar refractivity (Wildman–Crippen MR) is 97.3 cm³/mol. The first-order chi connectivity index (χ1) is 12.0. The minimum absolute atomic E-state index is 0.0132. The normalized spacial score (nSPS) is 18.0. The fourth-order valence-corrected chi connectivity index (χ4v) is 3.68. The number of carbonyl (C=O) groups is 1. The fourth-order valence-electron chi connectivity index (χ4n) is 2.79. The second kappa shape index (κ2) is 11.8. The zero-order valence-corrected chi connectivity index (χ0v) is 15.5. The van der Waals surface area contributed by atoms with Crippen LogP contribution in [0, 0.1) is 0 Å². The average Bonchev–Trinajstić information content (AvgIpc) is 2.62. The summed E-state index contributed by atoms with van der Waals surface area (Å²) in [6, 6.07) is 9.59. The third-order valence-electron chi connectivity index (χ3n) is 4.06. The number of carboxylic acid groups (broad SMARTS) is 1.